The molecule has 146 valence electrons. The Morgan fingerprint density at radius 1 is 1.27 bits per heavy atom. The molecular formula is C20H31ClN2O3. The van der Waals surface area contributed by atoms with Crippen LogP contribution in [-0.4, -0.2) is 31.4 Å². The minimum atomic E-state index is 0. The van der Waals surface area contributed by atoms with Gasteiger partial charge in [0.25, 0.3) is 0 Å². The number of carbonyl (C=O) groups is 2. The fourth-order valence-electron chi connectivity index (χ4n) is 2.91. The van der Waals surface area contributed by atoms with E-state index < -0.39 is 0 Å². The predicted molar refractivity (Wildman–Crippen MR) is 107 cm³/mol. The Labute approximate surface area is 162 Å². The molecule has 5 nitrogen and oxygen atoms in total. The van der Waals surface area contributed by atoms with Crippen LogP contribution in [0.5, 0.6) is 5.75 Å². The molecule has 1 heterocycles. The molecule has 1 atom stereocenters. The van der Waals surface area contributed by atoms with Crippen molar-refractivity contribution in [3.05, 3.63) is 23.8 Å². The molecule has 0 radical (unpaired) electrons. The summed E-state index contributed by atoms with van der Waals surface area (Å²) < 4.78 is 5.90. The minimum absolute atomic E-state index is 0. The van der Waals surface area contributed by atoms with Crippen LogP contribution >= 0.6 is 12.4 Å². The number of Topliss-reactive ketones (excluding diaryl/α,β-unsaturated/α-hetero) is 1. The van der Waals surface area contributed by atoms with Crippen LogP contribution in [0, 0.1) is 11.8 Å². The van der Waals surface area contributed by atoms with E-state index in [2.05, 4.69) is 17.6 Å². The van der Waals surface area contributed by atoms with Crippen LogP contribution in [0.2, 0.25) is 0 Å². The number of nitrogens with one attached hydrogen (secondary N) is 2. The number of rotatable bonds is 10. The summed E-state index contributed by atoms with van der Waals surface area (Å²) in [5.41, 5.74) is 1.96. The van der Waals surface area contributed by atoms with Crippen LogP contribution in [0.25, 0.3) is 0 Å². The Morgan fingerprint density at radius 2 is 2.04 bits per heavy atom. The normalized spacial score (nSPS) is 14.2. The molecule has 1 unspecified atom stereocenters. The molecular weight excluding hydrogens is 352 g/mol. The van der Waals surface area contributed by atoms with E-state index in [9.17, 15) is 9.59 Å². The van der Waals surface area contributed by atoms with Crippen LogP contribution in [0.15, 0.2) is 18.2 Å². The highest BCUT2D eigenvalue weighted by Gasteiger charge is 2.18. The van der Waals surface area contributed by atoms with Crippen molar-refractivity contribution in [3.63, 3.8) is 0 Å². The standard InChI is InChI=1S/C20H30N2O3.ClH/c1-14(2)18(23)12-15(3)13-21-10-5-11-25-19-7-4-6-17-16(19)8-9-20(24)22-17;/h4,6-7,14-15,21H,5,8-13H2,1-3H3,(H,22,24);1H. The second kappa shape index (κ2) is 11.2. The Hall–Kier alpha value is -1.59. The summed E-state index contributed by atoms with van der Waals surface area (Å²) in [5, 5.41) is 6.28. The Balaban J connectivity index is 0.00000338. The summed E-state index contributed by atoms with van der Waals surface area (Å²) in [4.78, 5) is 23.2. The molecule has 0 saturated heterocycles. The van der Waals surface area contributed by atoms with Crippen molar-refractivity contribution in [2.24, 2.45) is 11.8 Å². The highest BCUT2D eigenvalue weighted by molar-refractivity contribution is 5.94. The number of fused-ring (bicyclic) bond motifs is 1. The van der Waals surface area contributed by atoms with Gasteiger partial charge < -0.3 is 15.4 Å². The van der Waals surface area contributed by atoms with E-state index in [4.69, 9.17) is 4.74 Å². The first-order valence-corrected chi connectivity index (χ1v) is 9.25. The number of carbonyl (C=O) groups excluding carboxylic acids is 2. The lowest BCUT2D eigenvalue weighted by Crippen LogP contribution is -2.26. The summed E-state index contributed by atoms with van der Waals surface area (Å²) in [7, 11) is 0. The lowest BCUT2D eigenvalue weighted by molar-refractivity contribution is -0.122. The topological polar surface area (TPSA) is 67.4 Å². The summed E-state index contributed by atoms with van der Waals surface area (Å²) in [6, 6.07) is 5.79. The Bertz CT molecular complexity index is 605. The van der Waals surface area contributed by atoms with Crippen LogP contribution in [0.1, 0.15) is 45.6 Å². The number of hydrogen-bond donors (Lipinski definition) is 2. The summed E-state index contributed by atoms with van der Waals surface area (Å²) in [6.45, 7) is 8.36. The molecule has 0 fully saturated rings. The lowest BCUT2D eigenvalue weighted by atomic mass is 9.98. The van der Waals surface area contributed by atoms with Crippen LogP contribution in [0.4, 0.5) is 5.69 Å². The Kier molecular flexibility index (Phi) is 9.66. The Morgan fingerprint density at radius 3 is 2.77 bits per heavy atom. The zero-order valence-corrected chi connectivity index (χ0v) is 16.8. The zero-order valence-electron chi connectivity index (χ0n) is 16.0. The van der Waals surface area contributed by atoms with Crippen molar-refractivity contribution >= 4 is 29.8 Å². The van der Waals surface area contributed by atoms with Crippen molar-refractivity contribution in [1.29, 1.82) is 0 Å². The number of ether oxygens (including phenoxy) is 1. The molecule has 1 amide bonds. The van der Waals surface area contributed by atoms with Gasteiger partial charge in [0.1, 0.15) is 11.5 Å². The van der Waals surface area contributed by atoms with Crippen molar-refractivity contribution < 1.29 is 14.3 Å². The lowest BCUT2D eigenvalue weighted by Gasteiger charge is -2.20. The van der Waals surface area contributed by atoms with E-state index in [1.165, 1.54) is 0 Å². The second-order valence-corrected chi connectivity index (χ2v) is 7.17. The predicted octanol–water partition coefficient (Wildman–Crippen LogP) is 3.60. The highest BCUT2D eigenvalue weighted by Crippen LogP contribution is 2.31. The maximum absolute atomic E-state index is 11.7. The molecule has 2 rings (SSSR count). The second-order valence-electron chi connectivity index (χ2n) is 7.17. The average molecular weight is 383 g/mol. The van der Waals surface area contributed by atoms with Gasteiger partial charge >= 0.3 is 0 Å². The number of benzene rings is 1. The van der Waals surface area contributed by atoms with Gasteiger partial charge in [0.15, 0.2) is 0 Å². The van der Waals surface area contributed by atoms with E-state index in [-0.39, 0.29) is 24.2 Å². The molecule has 1 aromatic rings. The van der Waals surface area contributed by atoms with E-state index in [0.717, 1.165) is 42.9 Å². The van der Waals surface area contributed by atoms with Gasteiger partial charge in [-0.1, -0.05) is 26.8 Å². The maximum atomic E-state index is 11.7. The van der Waals surface area contributed by atoms with E-state index in [1.54, 1.807) is 0 Å². The van der Waals surface area contributed by atoms with Gasteiger partial charge in [-0.15, -0.1) is 12.4 Å². The minimum Gasteiger partial charge on any atom is -0.493 e. The molecule has 0 aromatic heterocycles. The van der Waals surface area contributed by atoms with Gasteiger partial charge in [0.05, 0.1) is 6.61 Å². The molecule has 0 saturated carbocycles. The molecule has 0 spiro atoms. The van der Waals surface area contributed by atoms with Gasteiger partial charge in [-0.05, 0) is 44.0 Å². The van der Waals surface area contributed by atoms with Gasteiger partial charge in [-0.25, -0.2) is 0 Å². The summed E-state index contributed by atoms with van der Waals surface area (Å²) >= 11 is 0. The van der Waals surface area contributed by atoms with Gasteiger partial charge in [0, 0.05) is 30.0 Å². The van der Waals surface area contributed by atoms with Crippen molar-refractivity contribution in [2.75, 3.05) is 25.0 Å². The highest BCUT2D eigenvalue weighted by atomic mass is 35.5. The average Bonchev–Trinajstić information content (AvgIpc) is 2.57. The van der Waals surface area contributed by atoms with Gasteiger partial charge in [-0.2, -0.15) is 0 Å². The first-order valence-electron chi connectivity index (χ1n) is 9.25. The quantitative estimate of drug-likeness (QED) is 0.606. The zero-order chi connectivity index (χ0) is 18.2. The smallest absolute Gasteiger partial charge is 0.224 e. The molecule has 26 heavy (non-hydrogen) atoms. The van der Waals surface area contributed by atoms with E-state index in [0.29, 0.717) is 31.1 Å². The summed E-state index contributed by atoms with van der Waals surface area (Å²) in [5.74, 6) is 1.75. The van der Waals surface area contributed by atoms with Crippen LogP contribution < -0.4 is 15.4 Å². The number of anilines is 1. The van der Waals surface area contributed by atoms with E-state index in [1.807, 2.05) is 32.0 Å². The fourth-order valence-corrected chi connectivity index (χ4v) is 2.91. The fraction of sp³-hybridized carbons (Fsp3) is 0.600. The van der Waals surface area contributed by atoms with Gasteiger partial charge in [0.2, 0.25) is 5.91 Å². The third-order valence-corrected chi connectivity index (χ3v) is 4.45. The van der Waals surface area contributed by atoms with Crippen molar-refractivity contribution in [2.45, 2.75) is 46.5 Å². The SMILES string of the molecule is CC(CNCCCOc1cccc2c1CCC(=O)N2)CC(=O)C(C)C.Cl. The molecule has 6 heteroatoms. The molecule has 1 aromatic carbocycles. The van der Waals surface area contributed by atoms with Crippen molar-refractivity contribution in [1.82, 2.24) is 5.32 Å². The van der Waals surface area contributed by atoms with E-state index >= 15 is 0 Å². The third kappa shape index (κ3) is 6.96. The van der Waals surface area contributed by atoms with Crippen LogP contribution in [-0.2, 0) is 16.0 Å². The monoisotopic (exact) mass is 382 g/mol. The first kappa shape index (κ1) is 22.5. The molecule has 0 aliphatic carbocycles. The van der Waals surface area contributed by atoms with Crippen molar-refractivity contribution in [3.8, 4) is 5.75 Å². The van der Waals surface area contributed by atoms with Crippen LogP contribution in [0.3, 0.4) is 0 Å². The number of ketones is 1. The largest absolute Gasteiger partial charge is 0.493 e. The number of amides is 1. The number of halogens is 1. The van der Waals surface area contributed by atoms with Gasteiger partial charge in [-0.3, -0.25) is 9.59 Å². The number of hydrogen-bond acceptors (Lipinski definition) is 4. The molecule has 2 N–H and O–H groups in total. The maximum Gasteiger partial charge on any atom is 0.224 e. The molecule has 1 aliphatic heterocycles. The third-order valence-electron chi connectivity index (χ3n) is 4.45. The summed E-state index contributed by atoms with van der Waals surface area (Å²) in [6.07, 6.45) is 2.79. The molecule has 1 aliphatic rings. The molecule has 0 bridgehead atoms. The first-order chi connectivity index (χ1) is 12.0.